The number of carbonyl (C=O) groups excluding carboxylic acids is 2. The Kier molecular flexibility index (Phi) is 16.7. The van der Waals surface area contributed by atoms with Crippen LogP contribution in [-0.2, 0) is 28.9 Å². The molecular weight excluding hydrogens is 921 g/mol. The molecule has 0 spiro atoms. The third kappa shape index (κ3) is 10.5. The largest absolute Gasteiger partial charge is 0.475 e. The summed E-state index contributed by atoms with van der Waals surface area (Å²) in [6.45, 7) is 24.8. The summed E-state index contributed by atoms with van der Waals surface area (Å²) in [6.07, 6.45) is 26.9. The van der Waals surface area contributed by atoms with E-state index < -0.39 is 28.0 Å². The zero-order valence-electron chi connectivity index (χ0n) is 45.4. The molecule has 8 rings (SSSR count). The van der Waals surface area contributed by atoms with Crippen molar-refractivity contribution in [1.29, 1.82) is 5.26 Å². The van der Waals surface area contributed by atoms with Crippen LogP contribution in [-0.4, -0.2) is 86.9 Å². The normalized spacial score (nSPS) is 35.7. The molecule has 12 heteroatoms. The Morgan fingerprint density at radius 3 is 2.35 bits per heavy atom. The number of carbonyl (C=O) groups is 2. The zero-order valence-corrected chi connectivity index (χ0v) is 46.2. The smallest absolute Gasteiger partial charge is 0.318 e. The van der Waals surface area contributed by atoms with E-state index in [0.29, 0.717) is 73.9 Å². The lowest BCUT2D eigenvalue weighted by molar-refractivity contribution is -0.221. The molecule has 1 saturated heterocycles. The van der Waals surface area contributed by atoms with Gasteiger partial charge in [0.25, 0.3) is 0 Å². The summed E-state index contributed by atoms with van der Waals surface area (Å²) >= 11 is 0. The molecule has 0 radical (unpaired) electrons. The van der Waals surface area contributed by atoms with Gasteiger partial charge in [0.15, 0.2) is 9.84 Å². The minimum atomic E-state index is -2.90. The molecule has 1 N–H and O–H groups in total. The van der Waals surface area contributed by atoms with Gasteiger partial charge in [-0.05, 0) is 165 Å². The van der Waals surface area contributed by atoms with E-state index in [1.807, 2.05) is 0 Å². The van der Waals surface area contributed by atoms with Gasteiger partial charge in [-0.15, -0.1) is 0 Å². The van der Waals surface area contributed by atoms with Crippen molar-refractivity contribution >= 4 is 21.8 Å². The third-order valence-electron chi connectivity index (χ3n) is 21.1. The van der Waals surface area contributed by atoms with Crippen molar-refractivity contribution in [2.45, 2.75) is 182 Å². The van der Waals surface area contributed by atoms with Crippen molar-refractivity contribution in [1.82, 2.24) is 15.2 Å². The average molecular weight is 1010 g/mol. The van der Waals surface area contributed by atoms with Crippen molar-refractivity contribution in [3.8, 4) is 11.9 Å². The molecule has 11 nitrogen and oxygen atoms in total. The summed E-state index contributed by atoms with van der Waals surface area (Å²) < 4.78 is 41.7. The Bertz CT molecular complexity index is 2360. The van der Waals surface area contributed by atoms with Crippen molar-refractivity contribution in [2.75, 3.05) is 51.1 Å². The van der Waals surface area contributed by atoms with Crippen molar-refractivity contribution in [3.63, 3.8) is 0 Å². The lowest BCUT2D eigenvalue weighted by Gasteiger charge is -2.72. The molecule has 10 atom stereocenters. The molecule has 1 aliphatic heterocycles. The first-order chi connectivity index (χ1) is 34.3. The number of hydrogen-bond donors (Lipinski definition) is 1. The number of ether oxygens (including phenoxy) is 3. The van der Waals surface area contributed by atoms with Crippen LogP contribution in [0.2, 0.25) is 0 Å². The van der Waals surface area contributed by atoms with E-state index in [-0.39, 0.29) is 57.2 Å². The quantitative estimate of drug-likeness (QED) is 0.0576. The maximum absolute atomic E-state index is 14.2. The van der Waals surface area contributed by atoms with Gasteiger partial charge >= 0.3 is 11.9 Å². The molecule has 0 unspecified atom stereocenters. The predicted molar refractivity (Wildman–Crippen MR) is 284 cm³/mol. The molecule has 72 heavy (non-hydrogen) atoms. The highest BCUT2D eigenvalue weighted by atomic mass is 32.2. The number of nitriles is 1. The fourth-order valence-corrected chi connectivity index (χ4v) is 18.2. The number of rotatable bonds is 20. The molecule has 6 aliphatic carbocycles. The van der Waals surface area contributed by atoms with Crippen LogP contribution in [0.4, 0.5) is 0 Å². The second kappa shape index (κ2) is 22.0. The number of pyridine rings is 1. The van der Waals surface area contributed by atoms with E-state index in [4.69, 9.17) is 14.2 Å². The molecule has 1 aromatic heterocycles. The molecule has 5 fully saturated rings. The first kappa shape index (κ1) is 54.7. The fourth-order valence-electron chi connectivity index (χ4n) is 17.0. The number of aromatic nitrogens is 1. The van der Waals surface area contributed by atoms with E-state index in [2.05, 4.69) is 88.5 Å². The molecule has 0 bridgehead atoms. The van der Waals surface area contributed by atoms with Crippen LogP contribution in [0, 0.1) is 68.0 Å². The van der Waals surface area contributed by atoms with Crippen LogP contribution in [0.3, 0.4) is 0 Å². The number of fused-ring (bicyclic) bond motifs is 7. The van der Waals surface area contributed by atoms with E-state index in [1.54, 1.807) is 18.3 Å². The molecule has 1 aromatic rings. The monoisotopic (exact) mass is 1010 g/mol. The van der Waals surface area contributed by atoms with Gasteiger partial charge in [0.05, 0.1) is 11.5 Å². The highest BCUT2D eigenvalue weighted by molar-refractivity contribution is 7.91. The molecule has 7 aliphatic rings. The Morgan fingerprint density at radius 2 is 1.64 bits per heavy atom. The van der Waals surface area contributed by atoms with Crippen LogP contribution in [0.15, 0.2) is 53.8 Å². The van der Waals surface area contributed by atoms with Crippen LogP contribution in [0.25, 0.3) is 0 Å². The number of nitrogens with zero attached hydrogens (tertiary/aromatic N) is 3. The number of allylic oxidation sites excluding steroid dienone is 5. The number of esters is 2. The first-order valence-corrected chi connectivity index (χ1v) is 30.1. The van der Waals surface area contributed by atoms with Gasteiger partial charge in [-0.3, -0.25) is 9.59 Å². The Balaban J connectivity index is 0.962. The lowest BCUT2D eigenvalue weighted by atomic mass is 9.33. The third-order valence-corrected chi connectivity index (χ3v) is 22.8. The van der Waals surface area contributed by atoms with Crippen LogP contribution in [0.5, 0.6) is 5.88 Å². The van der Waals surface area contributed by atoms with Gasteiger partial charge in [-0.2, -0.15) is 5.26 Å². The summed E-state index contributed by atoms with van der Waals surface area (Å²) in [5, 5.41) is 14.0. The van der Waals surface area contributed by atoms with Gasteiger partial charge in [-0.1, -0.05) is 104 Å². The Hall–Kier alpha value is -3.53. The Labute approximate surface area is 434 Å². The van der Waals surface area contributed by atoms with Gasteiger partial charge in [0.2, 0.25) is 12.7 Å². The average Bonchev–Trinajstić information content (AvgIpc) is 3.74. The molecule has 0 aromatic carbocycles. The van der Waals surface area contributed by atoms with E-state index >= 15 is 0 Å². The van der Waals surface area contributed by atoms with E-state index in [9.17, 15) is 23.3 Å². The highest BCUT2D eigenvalue weighted by Gasteiger charge is 2.70. The SMILES string of the molecule is C=C(C)[C@@H]1CC[C@]2(NCCN3CCS(=O)(=O)CC3)CC[C@]3(C)[C@H](CC[C@@H]4[C@@]5(C)CC=C(C6=CC[C@@](COc7ncccc7C#N)(C(=O)OCOC(=O)CCCCCCCCC)CC6)C(C)(C)[C@@H]5CC[C@]43C)[C@@H]12. The van der Waals surface area contributed by atoms with Gasteiger partial charge in [-0.25, -0.2) is 13.4 Å². The maximum Gasteiger partial charge on any atom is 0.318 e. The fraction of sp³-hybridized carbons (Fsp3) is 0.767. The molecule has 398 valence electrons. The standard InChI is InChI=1S/C60H90N4O7S/c1-9-10-11-12-13-14-15-18-51(65)70-42-71-54(66)59(41-69-53-45(40-61)17-16-33-62-53)28-21-44(22-29-59)47-24-26-56(6)49(55(47,4)5)25-27-58(8)50(56)20-19-48-52-46(43(2)3)23-30-60(52,32-31-57(48,58)7)63-34-35-64-36-38-72(67,68)39-37-64/h16-17,21,24,33,46,48-50,52,63H,2,9-15,18-20,22-23,25-32,34-39,41-42H2,1,3-8H3/t46-,48+,49-,50+,52+,56-,57+,58+,59+,60-/m0/s1. The van der Waals surface area contributed by atoms with Crippen LogP contribution in [0.1, 0.15) is 182 Å². The first-order valence-electron chi connectivity index (χ1n) is 28.3. The topological polar surface area (TPSA) is 148 Å². The Morgan fingerprint density at radius 1 is 0.889 bits per heavy atom. The number of sulfone groups is 1. The van der Waals surface area contributed by atoms with Gasteiger partial charge in [0, 0.05) is 44.3 Å². The number of hydrogen-bond acceptors (Lipinski definition) is 11. The minimum absolute atomic E-state index is 0.00550. The molecule has 0 amide bonds. The van der Waals surface area contributed by atoms with E-state index in [1.165, 1.54) is 93.8 Å². The second-order valence-electron chi connectivity index (χ2n) is 25.2. The van der Waals surface area contributed by atoms with Crippen LogP contribution < -0.4 is 10.1 Å². The minimum Gasteiger partial charge on any atom is -0.475 e. The van der Waals surface area contributed by atoms with Crippen molar-refractivity contribution in [2.24, 2.45) is 56.7 Å². The van der Waals surface area contributed by atoms with Gasteiger partial charge in [0.1, 0.15) is 23.7 Å². The summed E-state index contributed by atoms with van der Waals surface area (Å²) in [7, 11) is -2.90. The molecular formula is C60H90N4O7S. The van der Waals surface area contributed by atoms with Gasteiger partial charge < -0.3 is 24.4 Å². The van der Waals surface area contributed by atoms with Crippen molar-refractivity contribution in [3.05, 3.63) is 59.3 Å². The summed E-state index contributed by atoms with van der Waals surface area (Å²) in [6, 6.07) is 5.51. The molecule has 2 heterocycles. The zero-order chi connectivity index (χ0) is 51.6. The summed E-state index contributed by atoms with van der Waals surface area (Å²) in [4.78, 5) is 33.5. The van der Waals surface area contributed by atoms with E-state index in [0.717, 1.165) is 38.8 Å². The summed E-state index contributed by atoms with van der Waals surface area (Å²) in [5.41, 5.74) is 3.94. The summed E-state index contributed by atoms with van der Waals surface area (Å²) in [5.74, 6) is 2.77. The second-order valence-corrected chi connectivity index (χ2v) is 27.5. The number of unbranched alkanes of at least 4 members (excludes halogenated alkanes) is 6. The number of nitrogens with one attached hydrogen (secondary N) is 1. The predicted octanol–water partition coefficient (Wildman–Crippen LogP) is 11.9. The highest BCUT2D eigenvalue weighted by Crippen LogP contribution is 2.76. The van der Waals surface area contributed by atoms with Crippen molar-refractivity contribution < 1.29 is 32.2 Å². The van der Waals surface area contributed by atoms with Crippen LogP contribution >= 0.6 is 0 Å². The molecule has 4 saturated carbocycles. The maximum atomic E-state index is 14.2. The lowest BCUT2D eigenvalue weighted by Crippen LogP contribution is -2.68.